The molecule has 23 heteroatoms. The Morgan fingerprint density at radius 1 is 0.902 bits per heavy atom. The van der Waals surface area contributed by atoms with Crippen LogP contribution in [0.5, 0.6) is 0 Å². The molecule has 51 heavy (non-hydrogen) atoms. The minimum absolute atomic E-state index is 0.0516. The zero-order valence-corrected chi connectivity index (χ0v) is 29.6. The third kappa shape index (κ3) is 9.92. The van der Waals surface area contributed by atoms with E-state index in [1.807, 2.05) is 0 Å². The molecule has 2 aliphatic heterocycles. The molecule has 2 fully saturated rings. The minimum atomic E-state index is -5.37. The average Bonchev–Trinajstić information content (AvgIpc) is 3.73. The van der Waals surface area contributed by atoms with Crippen molar-refractivity contribution in [2.45, 2.75) is 69.7 Å². The molecular formula is C28H43N7O14P2. The van der Waals surface area contributed by atoms with Gasteiger partial charge in [0.2, 0.25) is 5.91 Å². The van der Waals surface area contributed by atoms with E-state index in [4.69, 9.17) is 30.0 Å². The molecule has 1 aromatic carbocycles. The lowest BCUT2D eigenvalue weighted by atomic mass is 10.00. The fourth-order valence-electron chi connectivity index (χ4n) is 5.37. The summed E-state index contributed by atoms with van der Waals surface area (Å²) in [7, 11) is -10.7. The topological polar surface area (TPSA) is 318 Å². The normalized spacial score (nSPS) is 28.7. The van der Waals surface area contributed by atoms with Gasteiger partial charge in [-0.15, -0.1) is 0 Å². The van der Waals surface area contributed by atoms with Crippen molar-refractivity contribution in [2.24, 2.45) is 5.73 Å². The zero-order valence-electron chi connectivity index (χ0n) is 27.9. The number of nitrogen functional groups attached to an aromatic ring is 1. The van der Waals surface area contributed by atoms with Gasteiger partial charge in [0, 0.05) is 5.56 Å². The Hall–Kier alpha value is -2.98. The molecule has 21 nitrogen and oxygen atoms in total. The van der Waals surface area contributed by atoms with Crippen molar-refractivity contribution < 1.29 is 67.0 Å². The van der Waals surface area contributed by atoms with E-state index < -0.39 is 83.7 Å². The molecule has 3 aromatic rings. The summed E-state index contributed by atoms with van der Waals surface area (Å²) in [4.78, 5) is 45.7. The maximum Gasteiger partial charge on any atom is 0.481 e. The number of phosphoric acid groups is 2. The number of hydrogen-bond acceptors (Lipinski definition) is 17. The number of aliphatic hydroxyl groups excluding tert-OH is 4. The van der Waals surface area contributed by atoms with Gasteiger partial charge in [-0.3, -0.25) is 18.4 Å². The molecule has 0 aliphatic carbocycles. The Labute approximate surface area is 291 Å². The number of phosphoric ester groups is 2. The molecule has 284 valence electrons. The number of rotatable bonds is 14. The summed E-state index contributed by atoms with van der Waals surface area (Å²) >= 11 is 0. The molecule has 5 rings (SSSR count). The molecular weight excluding hydrogens is 720 g/mol. The van der Waals surface area contributed by atoms with Crippen LogP contribution in [0.25, 0.3) is 11.2 Å². The smallest absolute Gasteiger partial charge is 0.387 e. The first kappa shape index (κ1) is 40.8. The Kier molecular flexibility index (Phi) is 13.8. The van der Waals surface area contributed by atoms with Gasteiger partial charge in [0.05, 0.1) is 19.5 Å². The van der Waals surface area contributed by atoms with E-state index in [0.29, 0.717) is 0 Å². The summed E-state index contributed by atoms with van der Waals surface area (Å²) in [5.74, 6) is -0.693. The second kappa shape index (κ2) is 17.2. The summed E-state index contributed by atoms with van der Waals surface area (Å²) in [5.41, 5.74) is 11.7. The molecule has 0 spiro atoms. The molecule has 2 aromatic heterocycles. The number of imidazole rings is 1. The van der Waals surface area contributed by atoms with Gasteiger partial charge in [0.25, 0.3) is 0 Å². The third-order valence-corrected chi connectivity index (χ3v) is 10.8. The second-order valence-electron chi connectivity index (χ2n) is 11.4. The van der Waals surface area contributed by atoms with Gasteiger partial charge in [0.15, 0.2) is 17.7 Å². The highest BCUT2D eigenvalue weighted by molar-refractivity contribution is 7.61. The summed E-state index contributed by atoms with van der Waals surface area (Å²) < 4.78 is 50.9. The Morgan fingerprint density at radius 2 is 1.49 bits per heavy atom. The number of carbonyl (C=O) groups excluding carboxylic acids is 1. The number of primary amides is 1. The molecule has 0 radical (unpaired) electrons. The van der Waals surface area contributed by atoms with Crippen molar-refractivity contribution in [3.05, 3.63) is 48.0 Å². The van der Waals surface area contributed by atoms with Crippen LogP contribution < -0.4 is 11.5 Å². The van der Waals surface area contributed by atoms with Crippen LogP contribution in [0.4, 0.5) is 5.82 Å². The fraction of sp³-hybridized carbons (Fsp3) is 0.571. The van der Waals surface area contributed by atoms with E-state index in [9.17, 15) is 44.1 Å². The van der Waals surface area contributed by atoms with Gasteiger partial charge in [-0.05, 0) is 37.3 Å². The van der Waals surface area contributed by atoms with Crippen LogP contribution in [0.1, 0.15) is 49.0 Å². The lowest BCUT2D eigenvalue weighted by molar-refractivity contribution is -0.0507. The number of aromatic nitrogens is 4. The van der Waals surface area contributed by atoms with Gasteiger partial charge in [-0.1, -0.05) is 32.9 Å². The first-order valence-electron chi connectivity index (χ1n) is 15.8. The molecule has 0 bridgehead atoms. The van der Waals surface area contributed by atoms with Crippen molar-refractivity contribution in [1.82, 2.24) is 24.4 Å². The number of ether oxygens (including phenoxy) is 2. The quantitative estimate of drug-likeness (QED) is 0.0967. The van der Waals surface area contributed by atoms with Crippen LogP contribution in [-0.2, 0) is 32.0 Å². The van der Waals surface area contributed by atoms with Crippen molar-refractivity contribution >= 4 is 38.5 Å². The van der Waals surface area contributed by atoms with E-state index in [1.54, 1.807) is 0 Å². The van der Waals surface area contributed by atoms with Crippen LogP contribution >= 0.6 is 15.6 Å². The molecule has 10 N–H and O–H groups in total. The maximum atomic E-state index is 12.4. The van der Waals surface area contributed by atoms with E-state index >= 15 is 0 Å². The Bertz CT molecular complexity index is 1730. The predicted octanol–water partition coefficient (Wildman–Crippen LogP) is -0.413. The van der Waals surface area contributed by atoms with Crippen LogP contribution in [0.2, 0.25) is 0 Å². The van der Waals surface area contributed by atoms with E-state index in [2.05, 4.69) is 44.9 Å². The van der Waals surface area contributed by atoms with Crippen molar-refractivity contribution in [1.29, 1.82) is 0 Å². The standard InChI is InChI=1S/C22H28N6O14P2.C6H15N/c23-19-13-21(26-7-25-19)28(8-27-13)22-17(32)15(30)12(41-22)6-39-44(36,37)42-43(34,35)38-5-11-14(29)16(31)18(40-11)9-2-1-3-10(4-9)20(24)33;1-4-7(5-2)6-3/h1-4,7-8,11-12,14-18,22,29-32H,5-6H2,(H2,24,33)(H,34,35)(H,36,37)(H2,23,25,26);4-6H2,1-3H3/t11-,12-,14-,15-,16-,17-,18+,22-;/m1./s1. The van der Waals surface area contributed by atoms with Gasteiger partial charge in [-0.25, -0.2) is 24.1 Å². The van der Waals surface area contributed by atoms with Crippen LogP contribution in [0, 0.1) is 0 Å². The van der Waals surface area contributed by atoms with Crippen molar-refractivity contribution in [3.8, 4) is 0 Å². The molecule has 2 saturated heterocycles. The highest BCUT2D eigenvalue weighted by atomic mass is 31.3. The van der Waals surface area contributed by atoms with Crippen LogP contribution in [0.3, 0.4) is 0 Å². The Morgan fingerprint density at radius 3 is 2.06 bits per heavy atom. The number of carbonyl (C=O) groups is 1. The van der Waals surface area contributed by atoms with Gasteiger partial charge >= 0.3 is 15.6 Å². The fourth-order valence-corrected chi connectivity index (χ4v) is 7.46. The molecule has 2 aliphatic rings. The number of amides is 1. The summed E-state index contributed by atoms with van der Waals surface area (Å²) in [6.45, 7) is 8.35. The summed E-state index contributed by atoms with van der Waals surface area (Å²) in [6.07, 6.45) is -9.33. The van der Waals surface area contributed by atoms with Gasteiger partial charge < -0.3 is 56.1 Å². The van der Waals surface area contributed by atoms with Crippen molar-refractivity contribution in [2.75, 3.05) is 38.6 Å². The van der Waals surface area contributed by atoms with Crippen LogP contribution in [0.15, 0.2) is 36.9 Å². The average molecular weight is 764 g/mol. The number of benzene rings is 1. The SMILES string of the molecule is CCN(CC)CC.NC(=O)c1cccc([C@@H]2O[C@H](COP(=O)(O)OP(=O)(O)OC[C@H]3O[C@@H](n4cnc5c(N)ncnc54)[C@H](O)[C@@H]3O)[C@@H](O)[C@H]2O)c1. The van der Waals surface area contributed by atoms with Gasteiger partial charge in [-0.2, -0.15) is 4.31 Å². The second-order valence-corrected chi connectivity index (χ2v) is 14.5. The first-order valence-corrected chi connectivity index (χ1v) is 18.8. The maximum absolute atomic E-state index is 12.4. The third-order valence-electron chi connectivity index (χ3n) is 8.21. The van der Waals surface area contributed by atoms with Gasteiger partial charge in [0.1, 0.15) is 54.6 Å². The molecule has 0 saturated carbocycles. The number of anilines is 1. The Balaban J connectivity index is 0.000000755. The molecule has 10 atom stereocenters. The monoisotopic (exact) mass is 763 g/mol. The molecule has 4 heterocycles. The number of aliphatic hydroxyl groups is 4. The van der Waals surface area contributed by atoms with E-state index in [0.717, 1.165) is 6.33 Å². The summed E-state index contributed by atoms with van der Waals surface area (Å²) in [5, 5.41) is 41.7. The highest BCUT2D eigenvalue weighted by Crippen LogP contribution is 2.61. The molecule has 2 unspecified atom stereocenters. The van der Waals surface area contributed by atoms with E-state index in [1.165, 1.54) is 54.8 Å². The molecule has 1 amide bonds. The lowest BCUT2D eigenvalue weighted by Gasteiger charge is -2.20. The first-order chi connectivity index (χ1) is 24.0. The largest absolute Gasteiger partial charge is 0.481 e. The van der Waals surface area contributed by atoms with E-state index in [-0.39, 0.29) is 28.1 Å². The number of nitrogens with zero attached hydrogens (tertiary/aromatic N) is 5. The minimum Gasteiger partial charge on any atom is -0.387 e. The number of nitrogens with two attached hydrogens (primary N) is 2. The lowest BCUT2D eigenvalue weighted by Crippen LogP contribution is -2.33. The number of hydrogen-bond donors (Lipinski definition) is 8. The number of fused-ring (bicyclic) bond motifs is 1. The highest BCUT2D eigenvalue weighted by Gasteiger charge is 2.48. The zero-order chi connectivity index (χ0) is 37.7. The van der Waals surface area contributed by atoms with Crippen LogP contribution in [-0.4, -0.2) is 130 Å². The summed E-state index contributed by atoms with van der Waals surface area (Å²) in [6, 6.07) is 5.72. The predicted molar refractivity (Wildman–Crippen MR) is 176 cm³/mol. The van der Waals surface area contributed by atoms with Crippen molar-refractivity contribution in [3.63, 3.8) is 0 Å².